The Hall–Kier alpha value is -2.32. The van der Waals surface area contributed by atoms with Crippen LogP contribution in [0.3, 0.4) is 0 Å². The summed E-state index contributed by atoms with van der Waals surface area (Å²) >= 11 is 1.75. The van der Waals surface area contributed by atoms with Crippen molar-refractivity contribution < 1.29 is 9.53 Å². The van der Waals surface area contributed by atoms with Gasteiger partial charge in [0.2, 0.25) is 5.91 Å². The van der Waals surface area contributed by atoms with Gasteiger partial charge in [0, 0.05) is 38.1 Å². The van der Waals surface area contributed by atoms with Crippen LogP contribution in [0.15, 0.2) is 22.9 Å². The Morgan fingerprint density at radius 2 is 2.03 bits per heavy atom. The number of fused-ring (bicyclic) bond motifs is 1. The normalized spacial score (nSPS) is 20.2. The minimum absolute atomic E-state index is 0.178. The van der Waals surface area contributed by atoms with E-state index in [9.17, 15) is 4.79 Å². The molecule has 1 N–H and O–H groups in total. The number of piperidine rings is 2. The monoisotopic (exact) mass is 455 g/mol. The number of carbonyl (C=O) groups excluding carboxylic acids is 1. The zero-order valence-corrected chi connectivity index (χ0v) is 19.6. The molecule has 8 heteroatoms. The van der Waals surface area contributed by atoms with E-state index in [4.69, 9.17) is 4.74 Å². The summed E-state index contributed by atoms with van der Waals surface area (Å²) in [5, 5.41) is 7.82. The number of rotatable bonds is 6. The van der Waals surface area contributed by atoms with Gasteiger partial charge in [0.15, 0.2) is 0 Å². The largest absolute Gasteiger partial charge is 0.465 e. The van der Waals surface area contributed by atoms with Crippen LogP contribution >= 0.6 is 11.3 Å². The Morgan fingerprint density at radius 1 is 1.22 bits per heavy atom. The van der Waals surface area contributed by atoms with Crippen molar-refractivity contribution in [3.63, 3.8) is 0 Å². The maximum atomic E-state index is 13.2. The van der Waals surface area contributed by atoms with E-state index in [0.717, 1.165) is 76.5 Å². The van der Waals surface area contributed by atoms with E-state index in [1.807, 2.05) is 6.92 Å². The number of hydrogen-bond acceptors (Lipinski definition) is 6. The second-order valence-electron chi connectivity index (χ2n) is 8.95. The lowest BCUT2D eigenvalue weighted by Crippen LogP contribution is -2.45. The molecule has 3 aliphatic heterocycles. The molecule has 2 aromatic heterocycles. The summed E-state index contributed by atoms with van der Waals surface area (Å²) in [6, 6.07) is 3.20. The Bertz CT molecular complexity index is 938. The summed E-state index contributed by atoms with van der Waals surface area (Å²) in [5.41, 5.74) is 2.34. The van der Waals surface area contributed by atoms with Crippen molar-refractivity contribution in [3.8, 4) is 6.01 Å². The summed E-state index contributed by atoms with van der Waals surface area (Å²) in [4.78, 5) is 22.5. The number of carbonyl (C=O) groups is 1. The molecule has 7 nitrogen and oxygen atoms in total. The van der Waals surface area contributed by atoms with E-state index in [-0.39, 0.29) is 5.92 Å². The van der Waals surface area contributed by atoms with Crippen molar-refractivity contribution in [2.75, 3.05) is 44.6 Å². The van der Waals surface area contributed by atoms with Crippen LogP contribution in [0, 0.1) is 5.92 Å². The van der Waals surface area contributed by atoms with Gasteiger partial charge in [-0.3, -0.25) is 14.3 Å². The third-order valence-electron chi connectivity index (χ3n) is 6.91. The van der Waals surface area contributed by atoms with Gasteiger partial charge < -0.3 is 15.0 Å². The molecule has 2 saturated heterocycles. The smallest absolute Gasteiger partial charge is 0.298 e. The topological polar surface area (TPSA) is 62.6 Å². The number of aromatic nitrogens is 2. The van der Waals surface area contributed by atoms with Crippen LogP contribution in [0.5, 0.6) is 6.01 Å². The Kier molecular flexibility index (Phi) is 6.50. The van der Waals surface area contributed by atoms with E-state index in [1.165, 1.54) is 5.56 Å². The van der Waals surface area contributed by atoms with Gasteiger partial charge in [-0.05, 0) is 74.2 Å². The molecule has 0 unspecified atom stereocenters. The second-order valence-corrected chi connectivity index (χ2v) is 9.73. The van der Waals surface area contributed by atoms with Crippen molar-refractivity contribution in [1.82, 2.24) is 19.4 Å². The molecule has 2 fully saturated rings. The number of nitrogens with one attached hydrogen (secondary N) is 1. The molecule has 32 heavy (non-hydrogen) atoms. The van der Waals surface area contributed by atoms with Gasteiger partial charge in [-0.2, -0.15) is 16.3 Å². The number of anilines is 1. The van der Waals surface area contributed by atoms with Crippen LogP contribution in [0.25, 0.3) is 6.08 Å². The van der Waals surface area contributed by atoms with Crippen LogP contribution in [-0.4, -0.2) is 64.6 Å². The third kappa shape index (κ3) is 4.43. The summed E-state index contributed by atoms with van der Waals surface area (Å²) in [5.74, 6) is 1.59. The van der Waals surface area contributed by atoms with Gasteiger partial charge in [0.05, 0.1) is 6.61 Å². The molecule has 5 heterocycles. The molecule has 3 aliphatic rings. The minimum atomic E-state index is 0.178. The van der Waals surface area contributed by atoms with E-state index in [0.29, 0.717) is 24.6 Å². The zero-order valence-electron chi connectivity index (χ0n) is 18.8. The molecule has 172 valence electrons. The van der Waals surface area contributed by atoms with Crippen molar-refractivity contribution in [2.24, 2.45) is 5.92 Å². The van der Waals surface area contributed by atoms with Crippen LogP contribution in [0.1, 0.15) is 49.9 Å². The average molecular weight is 456 g/mol. The number of hydrogen-bond donors (Lipinski definition) is 1. The van der Waals surface area contributed by atoms with Gasteiger partial charge in [0.1, 0.15) is 11.5 Å². The Balaban J connectivity index is 1.16. The number of imidazole rings is 1. The van der Waals surface area contributed by atoms with Crippen LogP contribution in [-0.2, 0) is 11.3 Å². The molecule has 0 aliphatic carbocycles. The second kappa shape index (κ2) is 9.67. The van der Waals surface area contributed by atoms with Crippen molar-refractivity contribution in [2.45, 2.75) is 45.2 Å². The van der Waals surface area contributed by atoms with Crippen molar-refractivity contribution >= 4 is 29.1 Å². The first-order valence-corrected chi connectivity index (χ1v) is 12.8. The summed E-state index contributed by atoms with van der Waals surface area (Å²) in [6.45, 7) is 8.07. The van der Waals surface area contributed by atoms with Gasteiger partial charge in [-0.25, -0.2) is 0 Å². The van der Waals surface area contributed by atoms with E-state index >= 15 is 0 Å². The standard InChI is InChI=1S/C24H33N5O2S/c1-2-31-24-26-21-4-3-10-25-22(21)29(24)20-7-13-28(14-8-20)23(30)19-5-11-27(12-6-19)16-18-9-15-32-17-18/h3-4,9,15,17,19-20,25H,2,5-8,10-14,16H2,1H3. The first-order valence-electron chi connectivity index (χ1n) is 11.9. The highest BCUT2D eigenvalue weighted by atomic mass is 32.1. The van der Waals surface area contributed by atoms with Crippen LogP contribution < -0.4 is 10.1 Å². The predicted octanol–water partition coefficient (Wildman–Crippen LogP) is 3.86. The Labute approximate surface area is 194 Å². The maximum absolute atomic E-state index is 13.2. The lowest BCUT2D eigenvalue weighted by Gasteiger charge is -2.38. The zero-order chi connectivity index (χ0) is 21.9. The highest BCUT2D eigenvalue weighted by molar-refractivity contribution is 7.07. The molecular formula is C24H33N5O2S. The van der Waals surface area contributed by atoms with Crippen LogP contribution in [0.2, 0.25) is 0 Å². The molecule has 0 atom stereocenters. The van der Waals surface area contributed by atoms with Gasteiger partial charge in [-0.1, -0.05) is 6.08 Å². The number of amides is 1. The van der Waals surface area contributed by atoms with E-state index in [2.05, 4.69) is 53.6 Å². The van der Waals surface area contributed by atoms with Crippen molar-refractivity contribution in [3.05, 3.63) is 34.2 Å². The molecule has 5 rings (SSSR count). The molecule has 0 saturated carbocycles. The molecular weight excluding hydrogens is 422 g/mol. The molecule has 2 aromatic rings. The predicted molar refractivity (Wildman–Crippen MR) is 128 cm³/mol. The fraction of sp³-hybridized carbons (Fsp3) is 0.583. The molecule has 0 aromatic carbocycles. The number of nitrogens with zero attached hydrogens (tertiary/aromatic N) is 4. The van der Waals surface area contributed by atoms with E-state index < -0.39 is 0 Å². The summed E-state index contributed by atoms with van der Waals surface area (Å²) in [6.07, 6.45) is 7.98. The van der Waals surface area contributed by atoms with Crippen LogP contribution in [0.4, 0.5) is 5.82 Å². The fourth-order valence-electron chi connectivity index (χ4n) is 5.20. The lowest BCUT2D eigenvalue weighted by molar-refractivity contribution is -0.138. The SMILES string of the molecule is CCOc1nc2c(n1C1CCN(C(=O)C3CCN(Cc4ccsc4)CC3)CC1)NCC=C2. The quantitative estimate of drug-likeness (QED) is 0.717. The fourth-order valence-corrected chi connectivity index (χ4v) is 5.86. The third-order valence-corrected chi connectivity index (χ3v) is 7.64. The number of likely N-dealkylation sites (tertiary alicyclic amines) is 2. The van der Waals surface area contributed by atoms with E-state index in [1.54, 1.807) is 11.3 Å². The summed E-state index contributed by atoms with van der Waals surface area (Å²) in [7, 11) is 0. The van der Waals surface area contributed by atoms with Crippen molar-refractivity contribution in [1.29, 1.82) is 0 Å². The number of thiophene rings is 1. The Morgan fingerprint density at radius 3 is 2.75 bits per heavy atom. The molecule has 1 amide bonds. The highest BCUT2D eigenvalue weighted by Crippen LogP contribution is 2.36. The van der Waals surface area contributed by atoms with Gasteiger partial charge in [0.25, 0.3) is 6.01 Å². The molecule has 0 spiro atoms. The minimum Gasteiger partial charge on any atom is -0.465 e. The lowest BCUT2D eigenvalue weighted by atomic mass is 9.93. The maximum Gasteiger partial charge on any atom is 0.298 e. The van der Waals surface area contributed by atoms with Gasteiger partial charge in [-0.15, -0.1) is 0 Å². The highest BCUT2D eigenvalue weighted by Gasteiger charge is 2.33. The first kappa shape index (κ1) is 21.5. The molecule has 0 bridgehead atoms. The average Bonchev–Trinajstić information content (AvgIpc) is 3.47. The molecule has 0 radical (unpaired) electrons. The summed E-state index contributed by atoms with van der Waals surface area (Å²) < 4.78 is 8.08. The first-order chi connectivity index (χ1) is 15.7. The van der Waals surface area contributed by atoms with Gasteiger partial charge >= 0.3 is 0 Å². The number of ether oxygens (including phenoxy) is 1.